The lowest BCUT2D eigenvalue weighted by Crippen LogP contribution is -2.53. The summed E-state index contributed by atoms with van der Waals surface area (Å²) in [7, 11) is 0. The molecule has 3 fully saturated rings. The summed E-state index contributed by atoms with van der Waals surface area (Å²) < 4.78 is 24.5. The Morgan fingerprint density at radius 3 is 2.19 bits per heavy atom. The van der Waals surface area contributed by atoms with E-state index in [4.69, 9.17) is 9.47 Å². The Morgan fingerprint density at radius 1 is 0.962 bits per heavy atom. The molecule has 3 aliphatic heterocycles. The second-order valence-corrected chi connectivity index (χ2v) is 7.23. The predicted molar refractivity (Wildman–Crippen MR) is 95.5 cm³/mol. The third-order valence-corrected chi connectivity index (χ3v) is 5.61. The van der Waals surface area contributed by atoms with Crippen LogP contribution in [0.5, 0.6) is 0 Å². The number of amides is 1. The molecule has 1 spiro atoms. The second kappa shape index (κ2) is 7.50. The zero-order chi connectivity index (χ0) is 18.0. The number of piperazine rings is 1. The Morgan fingerprint density at radius 2 is 1.58 bits per heavy atom. The number of hydrogen-bond acceptors (Lipinski definition) is 5. The maximum absolute atomic E-state index is 13.0. The van der Waals surface area contributed by atoms with Crippen LogP contribution in [0.4, 0.5) is 10.1 Å². The number of anilines is 1. The summed E-state index contributed by atoms with van der Waals surface area (Å²) in [6, 6.07) is 6.61. The van der Waals surface area contributed by atoms with Gasteiger partial charge in [-0.15, -0.1) is 0 Å². The normalized spacial score (nSPS) is 23.6. The minimum Gasteiger partial charge on any atom is -0.369 e. The number of hydrogen-bond donors (Lipinski definition) is 0. The van der Waals surface area contributed by atoms with Crippen LogP contribution in [0.3, 0.4) is 0 Å². The van der Waals surface area contributed by atoms with Crippen molar-refractivity contribution in [2.75, 3.05) is 63.9 Å². The van der Waals surface area contributed by atoms with Crippen molar-refractivity contribution in [3.63, 3.8) is 0 Å². The first-order valence-corrected chi connectivity index (χ1v) is 9.42. The van der Waals surface area contributed by atoms with Gasteiger partial charge in [-0.3, -0.25) is 9.69 Å². The van der Waals surface area contributed by atoms with Crippen LogP contribution in [0, 0.1) is 5.82 Å². The number of likely N-dealkylation sites (tertiary alicyclic amines) is 1. The van der Waals surface area contributed by atoms with E-state index in [1.807, 2.05) is 17.0 Å². The average Bonchev–Trinajstić information content (AvgIpc) is 3.11. The van der Waals surface area contributed by atoms with Crippen LogP contribution < -0.4 is 4.90 Å². The summed E-state index contributed by atoms with van der Waals surface area (Å²) in [5, 5.41) is 0. The van der Waals surface area contributed by atoms with E-state index in [9.17, 15) is 9.18 Å². The van der Waals surface area contributed by atoms with Crippen molar-refractivity contribution in [2.45, 2.75) is 18.6 Å². The molecule has 6 nitrogen and oxygen atoms in total. The van der Waals surface area contributed by atoms with Gasteiger partial charge in [0, 0.05) is 57.8 Å². The summed E-state index contributed by atoms with van der Waals surface area (Å²) >= 11 is 0. The molecule has 7 heteroatoms. The molecule has 3 saturated heterocycles. The van der Waals surface area contributed by atoms with E-state index < -0.39 is 5.79 Å². The molecule has 0 unspecified atom stereocenters. The molecule has 0 radical (unpaired) electrons. The molecule has 0 atom stereocenters. The van der Waals surface area contributed by atoms with Crippen LogP contribution in [-0.4, -0.2) is 80.5 Å². The van der Waals surface area contributed by atoms with E-state index in [0.29, 0.717) is 32.8 Å². The van der Waals surface area contributed by atoms with E-state index >= 15 is 0 Å². The van der Waals surface area contributed by atoms with Gasteiger partial charge < -0.3 is 19.3 Å². The van der Waals surface area contributed by atoms with Gasteiger partial charge in [0.1, 0.15) is 5.82 Å². The standard InChI is InChI=1S/C19H26FN3O3/c20-16-1-3-17(4-2-16)22-11-9-21(10-12-22)15-18(24)23-7-5-19(6-8-23)25-13-14-26-19/h1-4H,5-15H2. The van der Waals surface area contributed by atoms with Gasteiger partial charge >= 0.3 is 0 Å². The van der Waals surface area contributed by atoms with Crippen LogP contribution in [0.2, 0.25) is 0 Å². The number of carbonyl (C=O) groups is 1. The van der Waals surface area contributed by atoms with Crippen molar-refractivity contribution in [3.8, 4) is 0 Å². The molecule has 4 rings (SSSR count). The van der Waals surface area contributed by atoms with E-state index in [-0.39, 0.29) is 11.7 Å². The molecular weight excluding hydrogens is 337 g/mol. The van der Waals surface area contributed by atoms with Gasteiger partial charge in [0.2, 0.25) is 5.91 Å². The molecule has 1 aromatic rings. The van der Waals surface area contributed by atoms with Gasteiger partial charge in [0.05, 0.1) is 19.8 Å². The highest BCUT2D eigenvalue weighted by molar-refractivity contribution is 5.78. The number of halogens is 1. The lowest BCUT2D eigenvalue weighted by molar-refractivity contribution is -0.187. The van der Waals surface area contributed by atoms with Crippen LogP contribution in [-0.2, 0) is 14.3 Å². The van der Waals surface area contributed by atoms with Crippen molar-refractivity contribution >= 4 is 11.6 Å². The first kappa shape index (κ1) is 17.7. The molecule has 0 aliphatic carbocycles. The monoisotopic (exact) mass is 363 g/mol. The highest BCUT2D eigenvalue weighted by atomic mass is 19.1. The number of benzene rings is 1. The predicted octanol–water partition coefficient (Wildman–Crippen LogP) is 1.31. The molecule has 1 amide bonds. The van der Waals surface area contributed by atoms with Crippen molar-refractivity contribution < 1.29 is 18.7 Å². The zero-order valence-corrected chi connectivity index (χ0v) is 15.0. The lowest BCUT2D eigenvalue weighted by atomic mass is 10.0. The summed E-state index contributed by atoms with van der Waals surface area (Å²) in [6.45, 7) is 6.57. The van der Waals surface area contributed by atoms with Crippen molar-refractivity contribution in [1.82, 2.24) is 9.80 Å². The van der Waals surface area contributed by atoms with Crippen molar-refractivity contribution in [1.29, 1.82) is 0 Å². The second-order valence-electron chi connectivity index (χ2n) is 7.23. The third-order valence-electron chi connectivity index (χ3n) is 5.61. The Kier molecular flexibility index (Phi) is 5.11. The van der Waals surface area contributed by atoms with E-state index in [1.54, 1.807) is 0 Å². The van der Waals surface area contributed by atoms with Gasteiger partial charge in [0.25, 0.3) is 0 Å². The summed E-state index contributed by atoms with van der Waals surface area (Å²) in [4.78, 5) is 19.0. The Labute approximate surface area is 153 Å². The minimum atomic E-state index is -0.433. The largest absolute Gasteiger partial charge is 0.369 e. The minimum absolute atomic E-state index is 0.188. The number of piperidine rings is 1. The fourth-order valence-electron chi connectivity index (χ4n) is 3.99. The summed E-state index contributed by atoms with van der Waals surface area (Å²) in [6.07, 6.45) is 1.52. The molecule has 0 saturated carbocycles. The van der Waals surface area contributed by atoms with Gasteiger partial charge in [0.15, 0.2) is 5.79 Å². The quantitative estimate of drug-likeness (QED) is 0.810. The van der Waals surface area contributed by atoms with E-state index in [1.165, 1.54) is 12.1 Å². The number of rotatable bonds is 3. The highest BCUT2D eigenvalue weighted by Crippen LogP contribution is 2.31. The van der Waals surface area contributed by atoms with Crippen LogP contribution in [0.15, 0.2) is 24.3 Å². The van der Waals surface area contributed by atoms with E-state index in [0.717, 1.165) is 44.7 Å². The van der Waals surface area contributed by atoms with Crippen LogP contribution in [0.1, 0.15) is 12.8 Å². The van der Waals surface area contributed by atoms with Gasteiger partial charge in [-0.2, -0.15) is 0 Å². The number of nitrogens with zero attached hydrogens (tertiary/aromatic N) is 3. The van der Waals surface area contributed by atoms with Crippen LogP contribution >= 0.6 is 0 Å². The molecule has 0 aromatic heterocycles. The smallest absolute Gasteiger partial charge is 0.236 e. The number of ether oxygens (including phenoxy) is 2. The maximum Gasteiger partial charge on any atom is 0.236 e. The van der Waals surface area contributed by atoms with Gasteiger partial charge in [-0.05, 0) is 24.3 Å². The van der Waals surface area contributed by atoms with Gasteiger partial charge in [-0.1, -0.05) is 0 Å². The molecule has 1 aromatic carbocycles. The first-order chi connectivity index (χ1) is 12.6. The zero-order valence-electron chi connectivity index (χ0n) is 15.0. The van der Waals surface area contributed by atoms with Crippen LogP contribution in [0.25, 0.3) is 0 Å². The molecule has 0 bridgehead atoms. The summed E-state index contributed by atoms with van der Waals surface area (Å²) in [5.74, 6) is -0.458. The average molecular weight is 363 g/mol. The van der Waals surface area contributed by atoms with Crippen molar-refractivity contribution in [3.05, 3.63) is 30.1 Å². The molecule has 0 N–H and O–H groups in total. The van der Waals surface area contributed by atoms with Gasteiger partial charge in [-0.25, -0.2) is 4.39 Å². The number of carbonyl (C=O) groups excluding carboxylic acids is 1. The Balaban J connectivity index is 1.23. The topological polar surface area (TPSA) is 45.3 Å². The van der Waals surface area contributed by atoms with Crippen molar-refractivity contribution in [2.24, 2.45) is 0 Å². The Hall–Kier alpha value is -1.70. The molecular formula is C19H26FN3O3. The molecule has 3 aliphatic rings. The molecule has 3 heterocycles. The fraction of sp³-hybridized carbons (Fsp3) is 0.632. The maximum atomic E-state index is 13.0. The lowest BCUT2D eigenvalue weighted by Gasteiger charge is -2.39. The third kappa shape index (κ3) is 3.84. The molecule has 26 heavy (non-hydrogen) atoms. The Bertz CT molecular complexity index is 615. The summed E-state index contributed by atoms with van der Waals surface area (Å²) in [5.41, 5.74) is 1.04. The van der Waals surface area contributed by atoms with E-state index in [2.05, 4.69) is 9.80 Å². The SMILES string of the molecule is O=C(CN1CCN(c2ccc(F)cc2)CC1)N1CCC2(CC1)OCCO2. The molecule has 142 valence electrons. The first-order valence-electron chi connectivity index (χ1n) is 9.42. The fourth-order valence-corrected chi connectivity index (χ4v) is 3.99. The highest BCUT2D eigenvalue weighted by Gasteiger charge is 2.40.